The van der Waals surface area contributed by atoms with E-state index in [1.807, 2.05) is 12.1 Å². The van der Waals surface area contributed by atoms with Gasteiger partial charge in [0.1, 0.15) is 0 Å². The van der Waals surface area contributed by atoms with Gasteiger partial charge in [0.2, 0.25) is 0 Å². The molecule has 1 rings (SSSR count). The molecule has 106 valence electrons. The topological polar surface area (TPSA) is 32.3 Å². The average Bonchev–Trinajstić information content (AvgIpc) is 2.44. The SMILES string of the molecule is C=C[C@H](CC)[C@H](N[C@H](CO)C(C)C)c1ccccc1. The standard InChI is InChI=1S/C17H27NO/c1-5-14(6-2)17(15-10-8-7-9-11-15)18-16(12-19)13(3)4/h5,7-11,13-14,16-19H,1,6,12H2,2-4H3/t14-,16-,17+/m1/s1. The smallest absolute Gasteiger partial charge is 0.0587 e. The van der Waals surface area contributed by atoms with Gasteiger partial charge in [-0.1, -0.05) is 57.2 Å². The van der Waals surface area contributed by atoms with Gasteiger partial charge in [-0.2, -0.15) is 0 Å². The molecule has 0 aliphatic heterocycles. The van der Waals surface area contributed by atoms with E-state index in [1.54, 1.807) is 0 Å². The van der Waals surface area contributed by atoms with Gasteiger partial charge in [0.05, 0.1) is 6.61 Å². The number of benzene rings is 1. The molecule has 0 aliphatic carbocycles. The number of hydrogen-bond acceptors (Lipinski definition) is 2. The molecule has 0 saturated carbocycles. The minimum atomic E-state index is 0.110. The predicted octanol–water partition coefficient (Wildman–Crippen LogP) is 3.55. The van der Waals surface area contributed by atoms with Crippen molar-refractivity contribution in [3.05, 3.63) is 48.6 Å². The Bertz CT molecular complexity index is 361. The fourth-order valence-corrected chi connectivity index (χ4v) is 2.35. The molecule has 0 radical (unpaired) electrons. The van der Waals surface area contributed by atoms with Gasteiger partial charge in [0.25, 0.3) is 0 Å². The highest BCUT2D eigenvalue weighted by Crippen LogP contribution is 2.26. The van der Waals surface area contributed by atoms with Gasteiger partial charge >= 0.3 is 0 Å². The Hall–Kier alpha value is -1.12. The van der Waals surface area contributed by atoms with Crippen LogP contribution in [0.5, 0.6) is 0 Å². The molecule has 2 N–H and O–H groups in total. The van der Waals surface area contributed by atoms with Crippen LogP contribution in [0, 0.1) is 11.8 Å². The Morgan fingerprint density at radius 2 is 1.89 bits per heavy atom. The molecule has 0 bridgehead atoms. The fourth-order valence-electron chi connectivity index (χ4n) is 2.35. The molecule has 19 heavy (non-hydrogen) atoms. The molecule has 0 spiro atoms. The van der Waals surface area contributed by atoms with Crippen LogP contribution in [-0.2, 0) is 0 Å². The highest BCUT2D eigenvalue weighted by molar-refractivity contribution is 5.21. The van der Waals surface area contributed by atoms with Crippen LogP contribution in [0.1, 0.15) is 38.8 Å². The summed E-state index contributed by atoms with van der Waals surface area (Å²) < 4.78 is 0. The van der Waals surface area contributed by atoms with Gasteiger partial charge < -0.3 is 10.4 Å². The highest BCUT2D eigenvalue weighted by atomic mass is 16.3. The minimum absolute atomic E-state index is 0.110. The summed E-state index contributed by atoms with van der Waals surface area (Å²) in [7, 11) is 0. The molecule has 2 heteroatoms. The Morgan fingerprint density at radius 3 is 2.32 bits per heavy atom. The third-order valence-corrected chi connectivity index (χ3v) is 3.76. The van der Waals surface area contributed by atoms with E-state index in [1.165, 1.54) is 5.56 Å². The second-order valence-electron chi connectivity index (χ2n) is 5.40. The summed E-state index contributed by atoms with van der Waals surface area (Å²) in [6.07, 6.45) is 3.05. The van der Waals surface area contributed by atoms with Crippen LogP contribution in [0.25, 0.3) is 0 Å². The van der Waals surface area contributed by atoms with Gasteiger partial charge in [-0.05, 0) is 23.8 Å². The van der Waals surface area contributed by atoms with Gasteiger partial charge in [0, 0.05) is 12.1 Å². The first-order chi connectivity index (χ1) is 9.13. The van der Waals surface area contributed by atoms with Crippen molar-refractivity contribution in [3.8, 4) is 0 Å². The molecule has 1 aromatic rings. The Balaban J connectivity index is 2.96. The fraction of sp³-hybridized carbons (Fsp3) is 0.529. The van der Waals surface area contributed by atoms with E-state index in [2.05, 4.69) is 56.9 Å². The van der Waals surface area contributed by atoms with Gasteiger partial charge in [-0.3, -0.25) is 0 Å². The van der Waals surface area contributed by atoms with Crippen molar-refractivity contribution in [1.29, 1.82) is 0 Å². The highest BCUT2D eigenvalue weighted by Gasteiger charge is 2.23. The van der Waals surface area contributed by atoms with Crippen molar-refractivity contribution in [1.82, 2.24) is 5.32 Å². The third-order valence-electron chi connectivity index (χ3n) is 3.76. The number of aliphatic hydroxyl groups excluding tert-OH is 1. The first-order valence-electron chi connectivity index (χ1n) is 7.18. The summed E-state index contributed by atoms with van der Waals surface area (Å²) in [5, 5.41) is 13.1. The van der Waals surface area contributed by atoms with Gasteiger partial charge in [0.15, 0.2) is 0 Å². The Kier molecular flexibility index (Phi) is 6.82. The van der Waals surface area contributed by atoms with E-state index in [4.69, 9.17) is 0 Å². The predicted molar refractivity (Wildman–Crippen MR) is 82.0 cm³/mol. The monoisotopic (exact) mass is 261 g/mol. The second-order valence-corrected chi connectivity index (χ2v) is 5.40. The Labute approximate surface area is 117 Å². The maximum Gasteiger partial charge on any atom is 0.0587 e. The lowest BCUT2D eigenvalue weighted by Crippen LogP contribution is -2.41. The van der Waals surface area contributed by atoms with E-state index in [0.717, 1.165) is 6.42 Å². The molecule has 0 aliphatic rings. The number of aliphatic hydroxyl groups is 1. The van der Waals surface area contributed by atoms with Crippen LogP contribution in [0.2, 0.25) is 0 Å². The second kappa shape index (κ2) is 8.13. The van der Waals surface area contributed by atoms with Crippen LogP contribution >= 0.6 is 0 Å². The average molecular weight is 261 g/mol. The lowest BCUT2D eigenvalue weighted by Gasteiger charge is -2.31. The molecule has 0 saturated heterocycles. The maximum absolute atomic E-state index is 9.53. The first kappa shape index (κ1) is 15.9. The summed E-state index contributed by atoms with van der Waals surface area (Å²) in [4.78, 5) is 0. The van der Waals surface area contributed by atoms with Crippen molar-refractivity contribution in [2.24, 2.45) is 11.8 Å². The van der Waals surface area contributed by atoms with Gasteiger partial charge in [-0.25, -0.2) is 0 Å². The van der Waals surface area contributed by atoms with E-state index in [9.17, 15) is 5.11 Å². The third kappa shape index (κ3) is 4.48. The molecule has 3 atom stereocenters. The molecule has 0 fully saturated rings. The van der Waals surface area contributed by atoms with E-state index < -0.39 is 0 Å². The van der Waals surface area contributed by atoms with Gasteiger partial charge in [-0.15, -0.1) is 6.58 Å². The van der Waals surface area contributed by atoms with Crippen LogP contribution in [0.15, 0.2) is 43.0 Å². The van der Waals surface area contributed by atoms with Crippen molar-refractivity contribution in [2.45, 2.75) is 39.3 Å². The number of rotatable bonds is 8. The molecule has 2 nitrogen and oxygen atoms in total. The lowest BCUT2D eigenvalue weighted by molar-refractivity contribution is 0.189. The molecule has 0 heterocycles. The summed E-state index contributed by atoms with van der Waals surface area (Å²) in [6, 6.07) is 10.7. The minimum Gasteiger partial charge on any atom is -0.395 e. The molecule has 1 aromatic carbocycles. The first-order valence-corrected chi connectivity index (χ1v) is 7.18. The summed E-state index contributed by atoms with van der Waals surface area (Å²) in [6.45, 7) is 10.5. The van der Waals surface area contributed by atoms with Crippen LogP contribution in [0.3, 0.4) is 0 Å². The zero-order valence-corrected chi connectivity index (χ0v) is 12.3. The van der Waals surface area contributed by atoms with Crippen molar-refractivity contribution >= 4 is 0 Å². The van der Waals surface area contributed by atoms with E-state index in [0.29, 0.717) is 11.8 Å². The van der Waals surface area contributed by atoms with Crippen LogP contribution < -0.4 is 5.32 Å². The number of nitrogens with one attached hydrogen (secondary N) is 1. The van der Waals surface area contributed by atoms with E-state index in [-0.39, 0.29) is 18.7 Å². The normalized spacial score (nSPS) is 16.1. The van der Waals surface area contributed by atoms with Crippen LogP contribution in [0.4, 0.5) is 0 Å². The quantitative estimate of drug-likeness (QED) is 0.701. The molecular formula is C17H27NO. The zero-order valence-electron chi connectivity index (χ0n) is 12.3. The zero-order chi connectivity index (χ0) is 14.3. The van der Waals surface area contributed by atoms with Crippen molar-refractivity contribution in [2.75, 3.05) is 6.61 Å². The van der Waals surface area contributed by atoms with Crippen molar-refractivity contribution in [3.63, 3.8) is 0 Å². The summed E-state index contributed by atoms with van der Waals surface area (Å²) >= 11 is 0. The van der Waals surface area contributed by atoms with Crippen molar-refractivity contribution < 1.29 is 5.11 Å². The molecular weight excluding hydrogens is 234 g/mol. The molecule has 0 amide bonds. The maximum atomic E-state index is 9.53. The number of hydrogen-bond donors (Lipinski definition) is 2. The summed E-state index contributed by atoms with van der Waals surface area (Å²) in [5.74, 6) is 0.772. The van der Waals surface area contributed by atoms with E-state index >= 15 is 0 Å². The van der Waals surface area contributed by atoms with Crippen LogP contribution in [-0.4, -0.2) is 17.8 Å². The molecule has 0 aromatic heterocycles. The Morgan fingerprint density at radius 1 is 1.26 bits per heavy atom. The molecule has 0 unspecified atom stereocenters. The lowest BCUT2D eigenvalue weighted by atomic mass is 9.89. The summed E-state index contributed by atoms with van der Waals surface area (Å²) in [5.41, 5.74) is 1.26. The largest absolute Gasteiger partial charge is 0.395 e.